The van der Waals surface area contributed by atoms with Crippen LogP contribution in [-0.4, -0.2) is 7.05 Å². The normalized spacial score (nSPS) is 13.4. The topological polar surface area (TPSA) is 25.2 Å². The van der Waals surface area contributed by atoms with Crippen LogP contribution in [0.4, 0.5) is 13.2 Å². The lowest BCUT2D eigenvalue weighted by molar-refractivity contribution is -0.137. The number of aryl methyl sites for hydroxylation is 1. The van der Waals surface area contributed by atoms with Crippen LogP contribution in [0.3, 0.4) is 0 Å². The molecule has 0 bridgehead atoms. The molecule has 1 atom stereocenters. The van der Waals surface area contributed by atoms with Crippen molar-refractivity contribution in [2.45, 2.75) is 25.6 Å². The molecule has 0 amide bonds. The third-order valence-electron chi connectivity index (χ3n) is 3.32. The van der Waals surface area contributed by atoms with Crippen molar-refractivity contribution in [1.82, 2.24) is 5.32 Å². The van der Waals surface area contributed by atoms with Crippen molar-refractivity contribution >= 4 is 0 Å². The standard InChI is InChI=1S/C15H16F3NO/c1-10-13(6-7-20-10)14(19-2)9-11-4-3-5-12(8-11)15(16,17)18/h3-8,14,19H,9H2,1-2H3. The molecule has 0 fully saturated rings. The zero-order chi connectivity index (χ0) is 14.8. The predicted octanol–water partition coefficient (Wildman–Crippen LogP) is 4.11. The molecule has 0 aliphatic carbocycles. The maximum Gasteiger partial charge on any atom is 0.416 e. The molecular formula is C15H16F3NO. The van der Waals surface area contributed by atoms with E-state index < -0.39 is 11.7 Å². The Morgan fingerprint density at radius 1 is 1.25 bits per heavy atom. The zero-order valence-corrected chi connectivity index (χ0v) is 11.3. The molecule has 108 valence electrons. The Kier molecular flexibility index (Phi) is 4.18. The molecule has 0 aliphatic heterocycles. The average Bonchev–Trinajstić information content (AvgIpc) is 2.81. The summed E-state index contributed by atoms with van der Waals surface area (Å²) in [5.41, 5.74) is 0.985. The molecule has 2 nitrogen and oxygen atoms in total. The van der Waals surface area contributed by atoms with E-state index in [-0.39, 0.29) is 6.04 Å². The number of likely N-dealkylation sites (N-methyl/N-ethyl adjacent to an activating group) is 1. The fourth-order valence-electron chi connectivity index (χ4n) is 2.23. The fraction of sp³-hybridized carbons (Fsp3) is 0.333. The van der Waals surface area contributed by atoms with Crippen molar-refractivity contribution < 1.29 is 17.6 Å². The first-order chi connectivity index (χ1) is 9.41. The van der Waals surface area contributed by atoms with E-state index in [0.717, 1.165) is 17.4 Å². The van der Waals surface area contributed by atoms with Gasteiger partial charge in [0.1, 0.15) is 5.76 Å². The van der Waals surface area contributed by atoms with Gasteiger partial charge in [-0.25, -0.2) is 0 Å². The Labute approximate surface area is 115 Å². The van der Waals surface area contributed by atoms with E-state index in [2.05, 4.69) is 5.32 Å². The molecule has 2 aromatic rings. The number of benzene rings is 1. The van der Waals surface area contributed by atoms with Gasteiger partial charge in [0.2, 0.25) is 0 Å². The molecular weight excluding hydrogens is 267 g/mol. The average molecular weight is 283 g/mol. The summed E-state index contributed by atoms with van der Waals surface area (Å²) in [7, 11) is 1.78. The SMILES string of the molecule is CNC(Cc1cccc(C(F)(F)F)c1)c1ccoc1C. The summed E-state index contributed by atoms with van der Waals surface area (Å²) in [4.78, 5) is 0. The molecule has 0 radical (unpaired) electrons. The number of alkyl halides is 3. The number of hydrogen-bond donors (Lipinski definition) is 1. The largest absolute Gasteiger partial charge is 0.469 e. The maximum absolute atomic E-state index is 12.7. The molecule has 20 heavy (non-hydrogen) atoms. The van der Waals surface area contributed by atoms with E-state index in [1.54, 1.807) is 19.4 Å². The van der Waals surface area contributed by atoms with Gasteiger partial charge in [-0.15, -0.1) is 0 Å². The van der Waals surface area contributed by atoms with Crippen molar-refractivity contribution in [1.29, 1.82) is 0 Å². The van der Waals surface area contributed by atoms with Crippen LogP contribution in [0.1, 0.15) is 28.5 Å². The van der Waals surface area contributed by atoms with Gasteiger partial charge in [-0.1, -0.05) is 18.2 Å². The van der Waals surface area contributed by atoms with Crippen LogP contribution < -0.4 is 5.32 Å². The maximum atomic E-state index is 12.7. The second-order valence-corrected chi connectivity index (χ2v) is 4.68. The Balaban J connectivity index is 2.23. The van der Waals surface area contributed by atoms with Gasteiger partial charge in [-0.05, 0) is 38.1 Å². The summed E-state index contributed by atoms with van der Waals surface area (Å²) in [6, 6.07) is 7.18. The van der Waals surface area contributed by atoms with Crippen LogP contribution in [0.5, 0.6) is 0 Å². The third-order valence-corrected chi connectivity index (χ3v) is 3.32. The van der Waals surface area contributed by atoms with Crippen molar-refractivity contribution in [3.8, 4) is 0 Å². The zero-order valence-electron chi connectivity index (χ0n) is 11.3. The molecule has 0 saturated heterocycles. The van der Waals surface area contributed by atoms with Gasteiger partial charge >= 0.3 is 6.18 Å². The van der Waals surface area contributed by atoms with Crippen molar-refractivity contribution in [2.24, 2.45) is 0 Å². The molecule has 1 aromatic heterocycles. The Morgan fingerprint density at radius 2 is 2.00 bits per heavy atom. The summed E-state index contributed by atoms with van der Waals surface area (Å²) in [6.45, 7) is 1.84. The monoisotopic (exact) mass is 283 g/mol. The summed E-state index contributed by atoms with van der Waals surface area (Å²) in [6.07, 6.45) is -2.25. The van der Waals surface area contributed by atoms with Gasteiger partial charge in [-0.2, -0.15) is 13.2 Å². The molecule has 2 rings (SSSR count). The van der Waals surface area contributed by atoms with Crippen LogP contribution in [0, 0.1) is 6.92 Å². The van der Waals surface area contributed by atoms with Crippen LogP contribution in [0.2, 0.25) is 0 Å². The molecule has 0 aliphatic rings. The number of furan rings is 1. The molecule has 0 saturated carbocycles. The van der Waals surface area contributed by atoms with E-state index in [0.29, 0.717) is 12.0 Å². The van der Waals surface area contributed by atoms with E-state index in [9.17, 15) is 13.2 Å². The quantitative estimate of drug-likeness (QED) is 0.913. The third kappa shape index (κ3) is 3.22. The number of halogens is 3. The molecule has 1 aromatic carbocycles. The highest BCUT2D eigenvalue weighted by atomic mass is 19.4. The van der Waals surface area contributed by atoms with Gasteiger partial charge in [0.15, 0.2) is 0 Å². The first-order valence-corrected chi connectivity index (χ1v) is 6.29. The van der Waals surface area contributed by atoms with Gasteiger partial charge in [0.25, 0.3) is 0 Å². The summed E-state index contributed by atoms with van der Waals surface area (Å²) >= 11 is 0. The van der Waals surface area contributed by atoms with Crippen molar-refractivity contribution in [3.63, 3.8) is 0 Å². The minimum absolute atomic E-state index is 0.0720. The Hall–Kier alpha value is -1.75. The lowest BCUT2D eigenvalue weighted by atomic mass is 9.98. The first-order valence-electron chi connectivity index (χ1n) is 6.29. The van der Waals surface area contributed by atoms with E-state index in [1.165, 1.54) is 12.1 Å². The fourth-order valence-corrected chi connectivity index (χ4v) is 2.23. The van der Waals surface area contributed by atoms with E-state index in [4.69, 9.17) is 4.42 Å². The summed E-state index contributed by atoms with van der Waals surface area (Å²) in [5, 5.41) is 3.11. The van der Waals surface area contributed by atoms with E-state index in [1.807, 2.05) is 13.0 Å². The highest BCUT2D eigenvalue weighted by molar-refractivity contribution is 5.29. The van der Waals surface area contributed by atoms with Crippen molar-refractivity contribution in [3.05, 3.63) is 59.0 Å². The van der Waals surface area contributed by atoms with Crippen LogP contribution >= 0.6 is 0 Å². The van der Waals surface area contributed by atoms with Gasteiger partial charge in [0.05, 0.1) is 11.8 Å². The van der Waals surface area contributed by atoms with E-state index >= 15 is 0 Å². The number of rotatable bonds is 4. The van der Waals surface area contributed by atoms with Gasteiger partial charge in [-0.3, -0.25) is 0 Å². The molecule has 1 N–H and O–H groups in total. The molecule has 1 heterocycles. The molecule has 0 spiro atoms. The van der Waals surface area contributed by atoms with Crippen molar-refractivity contribution in [2.75, 3.05) is 7.05 Å². The number of hydrogen-bond acceptors (Lipinski definition) is 2. The number of nitrogens with one attached hydrogen (secondary N) is 1. The molecule has 1 unspecified atom stereocenters. The molecule has 5 heteroatoms. The Morgan fingerprint density at radius 3 is 2.55 bits per heavy atom. The lowest BCUT2D eigenvalue weighted by Crippen LogP contribution is -2.19. The van der Waals surface area contributed by atoms with Gasteiger partial charge in [0, 0.05) is 11.6 Å². The minimum Gasteiger partial charge on any atom is -0.469 e. The second kappa shape index (κ2) is 5.71. The van der Waals surface area contributed by atoms with Crippen LogP contribution in [0.15, 0.2) is 41.0 Å². The predicted molar refractivity (Wildman–Crippen MR) is 70.4 cm³/mol. The lowest BCUT2D eigenvalue weighted by Gasteiger charge is -2.16. The Bertz CT molecular complexity index is 574. The second-order valence-electron chi connectivity index (χ2n) is 4.68. The highest BCUT2D eigenvalue weighted by Crippen LogP contribution is 2.30. The summed E-state index contributed by atoms with van der Waals surface area (Å²) < 4.78 is 43.3. The van der Waals surface area contributed by atoms with Gasteiger partial charge < -0.3 is 9.73 Å². The first kappa shape index (κ1) is 14.7. The summed E-state index contributed by atoms with van der Waals surface area (Å²) in [5.74, 6) is 0.774. The highest BCUT2D eigenvalue weighted by Gasteiger charge is 2.30. The van der Waals surface area contributed by atoms with Crippen LogP contribution in [-0.2, 0) is 12.6 Å². The minimum atomic E-state index is -4.31. The smallest absolute Gasteiger partial charge is 0.416 e. The van der Waals surface area contributed by atoms with Crippen LogP contribution in [0.25, 0.3) is 0 Å².